The Hall–Kier alpha value is -5.01. The van der Waals surface area contributed by atoms with Gasteiger partial charge in [0.15, 0.2) is 12.6 Å². The van der Waals surface area contributed by atoms with Crippen LogP contribution in [-0.2, 0) is 20.8 Å². The lowest BCUT2D eigenvalue weighted by molar-refractivity contribution is -0.151. The van der Waals surface area contributed by atoms with Gasteiger partial charge in [0.2, 0.25) is 11.8 Å². The molecule has 0 N–H and O–H groups in total. The van der Waals surface area contributed by atoms with Crippen molar-refractivity contribution in [3.8, 4) is 28.4 Å². The van der Waals surface area contributed by atoms with Crippen LogP contribution in [0.3, 0.4) is 0 Å². The fraction of sp³-hybridized carbons (Fsp3) is 0.323. The SMILES string of the molecule is CCC(=O)n1nnnc1-c1ccccc1-c1ccc(CN(C(=O)c2ccc(OCOC)nc2)N2CCCC2C(=O)OC)cc1. The lowest BCUT2D eigenvalue weighted by atomic mass is 9.98. The van der Waals surface area contributed by atoms with Crippen molar-refractivity contribution in [1.29, 1.82) is 0 Å². The van der Waals surface area contributed by atoms with Crippen LogP contribution in [-0.4, -0.2) is 86.6 Å². The van der Waals surface area contributed by atoms with E-state index in [1.165, 1.54) is 25.1 Å². The molecular weight excluding hydrogens is 566 g/mol. The Morgan fingerprint density at radius 2 is 1.77 bits per heavy atom. The number of esters is 1. The number of hydrazine groups is 1. The lowest BCUT2D eigenvalue weighted by Crippen LogP contribution is -2.51. The molecule has 0 bridgehead atoms. The van der Waals surface area contributed by atoms with Crippen molar-refractivity contribution in [2.75, 3.05) is 27.6 Å². The van der Waals surface area contributed by atoms with Crippen LogP contribution < -0.4 is 4.74 Å². The second-order valence-electron chi connectivity index (χ2n) is 10.0. The average Bonchev–Trinajstić information content (AvgIpc) is 3.76. The molecule has 0 saturated carbocycles. The van der Waals surface area contributed by atoms with Gasteiger partial charge in [-0.1, -0.05) is 55.5 Å². The van der Waals surface area contributed by atoms with Gasteiger partial charge in [0.25, 0.3) is 5.91 Å². The molecular formula is C31H33N7O6. The molecule has 13 nitrogen and oxygen atoms in total. The molecule has 1 atom stereocenters. The van der Waals surface area contributed by atoms with Gasteiger partial charge in [0, 0.05) is 37.9 Å². The minimum absolute atomic E-state index is 0.0371. The number of pyridine rings is 1. The second-order valence-corrected chi connectivity index (χ2v) is 10.0. The van der Waals surface area contributed by atoms with Crippen molar-refractivity contribution < 1.29 is 28.6 Å². The van der Waals surface area contributed by atoms with Crippen molar-refractivity contribution in [1.82, 2.24) is 35.2 Å². The second kappa shape index (κ2) is 14.0. The van der Waals surface area contributed by atoms with E-state index in [-0.39, 0.29) is 31.6 Å². The maximum absolute atomic E-state index is 13.9. The first-order valence-electron chi connectivity index (χ1n) is 14.2. The zero-order valence-corrected chi connectivity index (χ0v) is 24.8. The van der Waals surface area contributed by atoms with Crippen LogP contribution in [0.15, 0.2) is 66.9 Å². The third-order valence-electron chi connectivity index (χ3n) is 7.32. The summed E-state index contributed by atoms with van der Waals surface area (Å²) < 4.78 is 16.5. The molecule has 228 valence electrons. The van der Waals surface area contributed by atoms with Gasteiger partial charge < -0.3 is 14.2 Å². The fourth-order valence-electron chi connectivity index (χ4n) is 5.12. The Balaban J connectivity index is 1.43. The molecule has 0 aliphatic carbocycles. The number of aromatic nitrogens is 5. The summed E-state index contributed by atoms with van der Waals surface area (Å²) in [7, 11) is 2.86. The summed E-state index contributed by atoms with van der Waals surface area (Å²) in [5.74, 6) is -0.221. The van der Waals surface area contributed by atoms with Gasteiger partial charge in [-0.05, 0) is 46.0 Å². The van der Waals surface area contributed by atoms with E-state index in [9.17, 15) is 14.4 Å². The molecule has 5 rings (SSSR count). The molecule has 1 fully saturated rings. The third-order valence-corrected chi connectivity index (χ3v) is 7.32. The summed E-state index contributed by atoms with van der Waals surface area (Å²) in [4.78, 5) is 43.1. The normalized spacial score (nSPS) is 14.8. The Bertz CT molecular complexity index is 1610. The molecule has 1 amide bonds. The van der Waals surface area contributed by atoms with Gasteiger partial charge in [-0.3, -0.25) is 19.4 Å². The zero-order chi connectivity index (χ0) is 31.1. The van der Waals surface area contributed by atoms with Crippen LogP contribution in [0.25, 0.3) is 22.5 Å². The van der Waals surface area contributed by atoms with Crippen LogP contribution in [0.4, 0.5) is 0 Å². The maximum Gasteiger partial charge on any atom is 0.324 e. The van der Waals surface area contributed by atoms with E-state index in [1.54, 1.807) is 29.1 Å². The highest BCUT2D eigenvalue weighted by Gasteiger charge is 2.38. The number of hydrogen-bond acceptors (Lipinski definition) is 11. The topological polar surface area (TPSA) is 142 Å². The van der Waals surface area contributed by atoms with E-state index in [1.807, 2.05) is 48.5 Å². The van der Waals surface area contributed by atoms with Crippen molar-refractivity contribution in [2.24, 2.45) is 0 Å². The van der Waals surface area contributed by atoms with E-state index < -0.39 is 12.0 Å². The number of benzene rings is 2. The molecule has 4 aromatic rings. The summed E-state index contributed by atoms with van der Waals surface area (Å²) >= 11 is 0. The minimum Gasteiger partial charge on any atom is -0.468 e. The molecule has 2 aromatic heterocycles. The average molecular weight is 600 g/mol. The smallest absolute Gasteiger partial charge is 0.324 e. The largest absolute Gasteiger partial charge is 0.468 e. The molecule has 1 saturated heterocycles. The standard InChI is InChI=1S/C31H33N7O6/c1-4-28(39)38-29(33-34-35-38)25-9-6-5-8-24(25)22-13-11-21(12-14-22)19-37(36-17-7-10-26(36)31(41)43-3)30(40)23-15-16-27(32-18-23)44-20-42-2/h5-6,8-9,11-16,18,26H,4,7,10,17,19-20H2,1-3H3. The molecule has 0 radical (unpaired) electrons. The summed E-state index contributed by atoms with van der Waals surface area (Å²) in [6.07, 6.45) is 3.02. The van der Waals surface area contributed by atoms with Crippen LogP contribution in [0.1, 0.15) is 46.9 Å². The Morgan fingerprint density at radius 3 is 2.45 bits per heavy atom. The van der Waals surface area contributed by atoms with Gasteiger partial charge in [-0.2, -0.15) is 4.68 Å². The first-order chi connectivity index (χ1) is 21.4. The number of tetrazole rings is 1. The predicted octanol–water partition coefficient (Wildman–Crippen LogP) is 3.63. The molecule has 13 heteroatoms. The van der Waals surface area contributed by atoms with Crippen molar-refractivity contribution in [2.45, 2.75) is 38.8 Å². The van der Waals surface area contributed by atoms with Gasteiger partial charge in [0.1, 0.15) is 6.04 Å². The first-order valence-corrected chi connectivity index (χ1v) is 14.2. The van der Waals surface area contributed by atoms with E-state index in [0.29, 0.717) is 35.8 Å². The number of carbonyl (C=O) groups is 3. The molecule has 1 aliphatic rings. The number of hydrogen-bond donors (Lipinski definition) is 0. The number of methoxy groups -OCH3 is 2. The monoisotopic (exact) mass is 599 g/mol. The summed E-state index contributed by atoms with van der Waals surface area (Å²) in [6.45, 7) is 2.52. The first kappa shape index (κ1) is 30.4. The van der Waals surface area contributed by atoms with Crippen LogP contribution in [0, 0.1) is 0 Å². The maximum atomic E-state index is 13.9. The Labute approximate surface area is 254 Å². The number of carbonyl (C=O) groups excluding carboxylic acids is 3. The number of nitrogens with zero attached hydrogens (tertiary/aromatic N) is 7. The molecule has 2 aromatic carbocycles. The van der Waals surface area contributed by atoms with Crippen molar-refractivity contribution in [3.63, 3.8) is 0 Å². The molecule has 44 heavy (non-hydrogen) atoms. The highest BCUT2D eigenvalue weighted by Crippen LogP contribution is 2.31. The lowest BCUT2D eigenvalue weighted by Gasteiger charge is -2.35. The number of rotatable bonds is 11. The van der Waals surface area contributed by atoms with Gasteiger partial charge in [-0.15, -0.1) is 5.10 Å². The highest BCUT2D eigenvalue weighted by molar-refractivity contribution is 5.94. The molecule has 3 heterocycles. The van der Waals surface area contributed by atoms with Crippen LogP contribution in [0.2, 0.25) is 0 Å². The van der Waals surface area contributed by atoms with Gasteiger partial charge in [-0.25, -0.2) is 9.99 Å². The minimum atomic E-state index is -0.579. The summed E-state index contributed by atoms with van der Waals surface area (Å²) in [5.41, 5.74) is 3.63. The third kappa shape index (κ3) is 6.48. The van der Waals surface area contributed by atoms with E-state index in [0.717, 1.165) is 23.1 Å². The highest BCUT2D eigenvalue weighted by atomic mass is 16.7. The van der Waals surface area contributed by atoms with E-state index in [4.69, 9.17) is 14.2 Å². The van der Waals surface area contributed by atoms with Gasteiger partial charge in [0.05, 0.1) is 19.2 Å². The number of ether oxygens (including phenoxy) is 3. The predicted molar refractivity (Wildman–Crippen MR) is 158 cm³/mol. The Morgan fingerprint density at radius 1 is 1.00 bits per heavy atom. The van der Waals surface area contributed by atoms with Crippen LogP contribution in [0.5, 0.6) is 5.88 Å². The summed E-state index contributed by atoms with van der Waals surface area (Å²) in [5, 5.41) is 15.1. The van der Waals surface area contributed by atoms with E-state index >= 15 is 0 Å². The molecule has 1 unspecified atom stereocenters. The van der Waals surface area contributed by atoms with Crippen molar-refractivity contribution in [3.05, 3.63) is 78.0 Å². The van der Waals surface area contributed by atoms with Crippen molar-refractivity contribution >= 4 is 17.8 Å². The number of amides is 1. The van der Waals surface area contributed by atoms with Gasteiger partial charge >= 0.3 is 5.97 Å². The molecule has 1 aliphatic heterocycles. The summed E-state index contributed by atoms with van der Waals surface area (Å²) in [6, 6.07) is 18.0. The Kier molecular flexibility index (Phi) is 9.67. The molecule has 0 spiro atoms. The fourth-order valence-corrected chi connectivity index (χ4v) is 5.12. The zero-order valence-electron chi connectivity index (χ0n) is 24.8. The quantitative estimate of drug-likeness (QED) is 0.142. The van der Waals surface area contributed by atoms with Crippen LogP contribution >= 0.6 is 0 Å². The van der Waals surface area contributed by atoms with E-state index in [2.05, 4.69) is 20.5 Å².